The lowest BCUT2D eigenvalue weighted by Gasteiger charge is -2.31. The van der Waals surface area contributed by atoms with Crippen molar-refractivity contribution < 1.29 is 9.53 Å². The van der Waals surface area contributed by atoms with Crippen LogP contribution in [0.15, 0.2) is 109 Å². The number of methoxy groups -OCH3 is 1. The summed E-state index contributed by atoms with van der Waals surface area (Å²) in [6.45, 7) is 0. The molecule has 1 unspecified atom stereocenters. The third-order valence-corrected chi connectivity index (χ3v) is 8.00. The summed E-state index contributed by atoms with van der Waals surface area (Å²) in [5.74, 6) is -0.429. The molecule has 1 atom stereocenters. The third kappa shape index (κ3) is 5.19. The smallest absolute Gasteiger partial charge is 0.337 e. The van der Waals surface area contributed by atoms with E-state index in [1.165, 1.54) is 17.7 Å². The van der Waals surface area contributed by atoms with Crippen molar-refractivity contribution in [3.63, 3.8) is 0 Å². The minimum absolute atomic E-state index is 0.0828. The lowest BCUT2D eigenvalue weighted by atomic mass is 10.1. The van der Waals surface area contributed by atoms with Gasteiger partial charge in [-0.05, 0) is 60.5 Å². The zero-order valence-electron chi connectivity index (χ0n) is 17.6. The zero-order valence-corrected chi connectivity index (χ0v) is 19.3. The Balaban J connectivity index is 1.86. The summed E-state index contributed by atoms with van der Waals surface area (Å²) in [5, 5.41) is 6.89. The summed E-state index contributed by atoms with van der Waals surface area (Å²) in [5.41, 5.74) is 2.51. The number of hydrogen-bond acceptors (Lipinski definition) is 3. The first-order chi connectivity index (χ1) is 15.7. The van der Waals surface area contributed by atoms with Gasteiger partial charge in [-0.15, -0.1) is 0 Å². The zero-order chi connectivity index (χ0) is 22.3. The molecule has 0 aliphatic heterocycles. The van der Waals surface area contributed by atoms with Crippen LogP contribution in [0.1, 0.15) is 21.7 Å². The number of nitrogens with one attached hydrogen (secondary N) is 1. The molecule has 0 aromatic heterocycles. The van der Waals surface area contributed by atoms with Gasteiger partial charge in [0.05, 0.1) is 18.5 Å². The molecule has 0 heterocycles. The van der Waals surface area contributed by atoms with Crippen LogP contribution in [0.4, 0.5) is 5.69 Å². The first-order valence-corrected chi connectivity index (χ1v) is 12.0. The number of anilines is 1. The van der Waals surface area contributed by atoms with Gasteiger partial charge in [0.1, 0.15) is 0 Å². The number of halogens is 1. The van der Waals surface area contributed by atoms with E-state index in [1.807, 2.05) is 48.5 Å². The molecule has 0 saturated carbocycles. The molecule has 5 heteroatoms. The van der Waals surface area contributed by atoms with Gasteiger partial charge in [0.15, 0.2) is 0 Å². The van der Waals surface area contributed by atoms with Crippen molar-refractivity contribution in [3.8, 4) is 0 Å². The molecule has 4 aromatic carbocycles. The second-order valence-corrected chi connectivity index (χ2v) is 9.94. The van der Waals surface area contributed by atoms with E-state index in [0.29, 0.717) is 10.6 Å². The molecule has 32 heavy (non-hydrogen) atoms. The van der Waals surface area contributed by atoms with E-state index in [-0.39, 0.29) is 11.8 Å². The van der Waals surface area contributed by atoms with Gasteiger partial charge in [0.25, 0.3) is 0 Å². The monoisotopic (exact) mass is 459 g/mol. The highest BCUT2D eigenvalue weighted by Crippen LogP contribution is 2.49. The number of hydrogen-bond donors (Lipinski definition) is 1. The van der Waals surface area contributed by atoms with Gasteiger partial charge in [-0.2, -0.15) is 0 Å². The first-order valence-electron chi connectivity index (χ1n) is 10.3. The SMILES string of the molecule is COC(=O)c1cccc(C(Nc2ccc(Cl)cc2)P(c2ccccc2)c2ccccc2)c1. The molecule has 0 spiro atoms. The van der Waals surface area contributed by atoms with E-state index in [1.54, 1.807) is 6.07 Å². The summed E-state index contributed by atoms with van der Waals surface area (Å²) in [6, 6.07) is 36.3. The van der Waals surface area contributed by atoms with Gasteiger partial charge >= 0.3 is 5.97 Å². The maximum absolute atomic E-state index is 12.2. The van der Waals surface area contributed by atoms with Crippen molar-refractivity contribution in [1.29, 1.82) is 0 Å². The Bertz CT molecular complexity index is 1130. The summed E-state index contributed by atoms with van der Waals surface area (Å²) in [6.07, 6.45) is 0. The van der Waals surface area contributed by atoms with Crippen molar-refractivity contribution in [2.24, 2.45) is 0 Å². The van der Waals surface area contributed by atoms with Crippen molar-refractivity contribution in [1.82, 2.24) is 0 Å². The number of ether oxygens (including phenoxy) is 1. The minimum Gasteiger partial charge on any atom is -0.465 e. The van der Waals surface area contributed by atoms with Crippen molar-refractivity contribution in [3.05, 3.63) is 125 Å². The average Bonchev–Trinajstić information content (AvgIpc) is 2.86. The summed E-state index contributed by atoms with van der Waals surface area (Å²) in [7, 11) is 0.548. The Labute approximate surface area is 194 Å². The number of carbonyl (C=O) groups excluding carboxylic acids is 1. The van der Waals surface area contributed by atoms with E-state index < -0.39 is 7.92 Å². The van der Waals surface area contributed by atoms with E-state index >= 15 is 0 Å². The third-order valence-electron chi connectivity index (χ3n) is 5.10. The summed E-state index contributed by atoms with van der Waals surface area (Å²) >= 11 is 6.12. The molecule has 0 aliphatic carbocycles. The van der Waals surface area contributed by atoms with E-state index in [4.69, 9.17) is 16.3 Å². The Morgan fingerprint density at radius 2 is 1.41 bits per heavy atom. The van der Waals surface area contributed by atoms with E-state index in [0.717, 1.165) is 11.3 Å². The molecule has 0 bridgehead atoms. The second kappa shape index (κ2) is 10.5. The highest BCUT2D eigenvalue weighted by Gasteiger charge is 2.27. The van der Waals surface area contributed by atoms with Gasteiger partial charge in [-0.3, -0.25) is 0 Å². The topological polar surface area (TPSA) is 38.3 Å². The first kappa shape index (κ1) is 22.1. The van der Waals surface area contributed by atoms with E-state index in [2.05, 4.69) is 59.9 Å². The highest BCUT2D eigenvalue weighted by atomic mass is 35.5. The molecule has 0 radical (unpaired) electrons. The Hall–Kier alpha value is -3.13. The fraction of sp³-hybridized carbons (Fsp3) is 0.0741. The van der Waals surface area contributed by atoms with Crippen LogP contribution in [0.2, 0.25) is 5.02 Å². The fourth-order valence-electron chi connectivity index (χ4n) is 3.58. The quantitative estimate of drug-likeness (QED) is 0.258. The van der Waals surface area contributed by atoms with Crippen LogP contribution in [0.25, 0.3) is 0 Å². The Morgan fingerprint density at radius 3 is 1.97 bits per heavy atom. The number of esters is 1. The standard InChI is InChI=1S/C27H23ClNO2P/c1-31-27(30)21-10-8-9-20(19-21)26(29-23-17-15-22(28)16-18-23)32(24-11-4-2-5-12-24)25-13-6-3-7-14-25/h2-19,26,29H,1H3. The van der Waals surface area contributed by atoms with Crippen LogP contribution in [-0.4, -0.2) is 13.1 Å². The number of benzene rings is 4. The van der Waals surface area contributed by atoms with Crippen LogP contribution in [-0.2, 0) is 4.74 Å². The molecule has 3 nitrogen and oxygen atoms in total. The van der Waals surface area contributed by atoms with Gasteiger partial charge < -0.3 is 10.1 Å². The molecular weight excluding hydrogens is 437 g/mol. The normalized spacial score (nSPS) is 11.7. The van der Waals surface area contributed by atoms with Gasteiger partial charge in [0, 0.05) is 10.7 Å². The fourth-order valence-corrected chi connectivity index (χ4v) is 6.32. The average molecular weight is 460 g/mol. The van der Waals surface area contributed by atoms with Crippen LogP contribution >= 0.6 is 19.5 Å². The number of carbonyl (C=O) groups is 1. The van der Waals surface area contributed by atoms with Crippen molar-refractivity contribution in [2.45, 2.75) is 5.78 Å². The molecule has 0 fully saturated rings. The molecular formula is C27H23ClNO2P. The number of rotatable bonds is 7. The molecule has 1 N–H and O–H groups in total. The maximum Gasteiger partial charge on any atom is 0.337 e. The van der Waals surface area contributed by atoms with Crippen LogP contribution < -0.4 is 15.9 Å². The van der Waals surface area contributed by atoms with Gasteiger partial charge in [0.2, 0.25) is 0 Å². The largest absolute Gasteiger partial charge is 0.465 e. The van der Waals surface area contributed by atoms with Gasteiger partial charge in [-0.25, -0.2) is 4.79 Å². The van der Waals surface area contributed by atoms with Crippen LogP contribution in [0.5, 0.6) is 0 Å². The lowest BCUT2D eigenvalue weighted by molar-refractivity contribution is 0.0600. The van der Waals surface area contributed by atoms with Crippen LogP contribution in [0.3, 0.4) is 0 Å². The Morgan fingerprint density at radius 1 is 0.812 bits per heavy atom. The molecule has 0 aliphatic rings. The predicted octanol–water partition coefficient (Wildman–Crippen LogP) is 6.37. The predicted molar refractivity (Wildman–Crippen MR) is 135 cm³/mol. The highest BCUT2D eigenvalue weighted by molar-refractivity contribution is 7.73. The molecule has 4 aromatic rings. The van der Waals surface area contributed by atoms with Crippen molar-refractivity contribution in [2.75, 3.05) is 12.4 Å². The molecule has 0 saturated heterocycles. The molecule has 4 rings (SSSR count). The molecule has 160 valence electrons. The van der Waals surface area contributed by atoms with Crippen molar-refractivity contribution >= 4 is 41.8 Å². The molecule has 0 amide bonds. The summed E-state index contributed by atoms with van der Waals surface area (Å²) in [4.78, 5) is 12.2. The van der Waals surface area contributed by atoms with Crippen LogP contribution in [0, 0.1) is 0 Å². The summed E-state index contributed by atoms with van der Waals surface area (Å²) < 4.78 is 4.96. The second-order valence-electron chi connectivity index (χ2n) is 7.21. The van der Waals surface area contributed by atoms with E-state index in [9.17, 15) is 4.79 Å². The van der Waals surface area contributed by atoms with Gasteiger partial charge in [-0.1, -0.05) is 84.4 Å². The lowest BCUT2D eigenvalue weighted by Crippen LogP contribution is -2.22. The minimum atomic E-state index is -0.854. The Kier molecular flexibility index (Phi) is 7.21. The maximum atomic E-state index is 12.2.